The molecule has 1 aliphatic carbocycles. The Kier molecular flexibility index (Phi) is 5.96. The van der Waals surface area contributed by atoms with Gasteiger partial charge < -0.3 is 5.11 Å². The van der Waals surface area contributed by atoms with Crippen molar-refractivity contribution < 1.29 is 14.7 Å². The first-order valence-electron chi connectivity index (χ1n) is 12.2. The molecule has 3 heteroatoms. The van der Waals surface area contributed by atoms with Crippen molar-refractivity contribution in [3.8, 4) is 11.1 Å². The topological polar surface area (TPSA) is 32.5 Å². The van der Waals surface area contributed by atoms with Crippen molar-refractivity contribution in [2.45, 2.75) is 0 Å². The minimum Gasteiger partial charge on any atom is -0.501 e. The average molecular weight is 479 g/mol. The molecule has 3 nitrogen and oxygen atoms in total. The van der Waals surface area contributed by atoms with Gasteiger partial charge in [-0.2, -0.15) is 0 Å². The molecule has 6 rings (SSSR count). The van der Waals surface area contributed by atoms with Crippen LogP contribution < -0.4 is 0 Å². The van der Waals surface area contributed by atoms with Crippen LogP contribution in [0.4, 0.5) is 5.69 Å². The fraction of sp³-hybridized carbons (Fsp3) is 0. The second kappa shape index (κ2) is 9.87. The summed E-state index contributed by atoms with van der Waals surface area (Å²) in [5, 5.41) is 11.0. The minimum absolute atomic E-state index is 0.00434. The van der Waals surface area contributed by atoms with Crippen molar-refractivity contribution in [2.75, 3.05) is 0 Å². The Bertz CT molecular complexity index is 1620. The summed E-state index contributed by atoms with van der Waals surface area (Å²) in [5.74, 6) is 0.407. The molecule has 37 heavy (non-hydrogen) atoms. The molecule has 5 aromatic rings. The molecular weight excluding hydrogens is 454 g/mol. The van der Waals surface area contributed by atoms with Gasteiger partial charge in [-0.15, -0.1) is 0 Å². The molecule has 0 aliphatic heterocycles. The molecule has 0 saturated heterocycles. The van der Waals surface area contributed by atoms with Crippen LogP contribution in [0.2, 0.25) is 0 Å². The van der Waals surface area contributed by atoms with Crippen LogP contribution in [0.15, 0.2) is 145 Å². The van der Waals surface area contributed by atoms with E-state index in [4.69, 9.17) is 4.84 Å². The van der Waals surface area contributed by atoms with Gasteiger partial charge in [0, 0.05) is 28.0 Å². The van der Waals surface area contributed by atoms with Gasteiger partial charge in [0.05, 0.1) is 11.1 Å². The highest BCUT2D eigenvalue weighted by atomic mass is 16.7. The summed E-state index contributed by atoms with van der Waals surface area (Å²) >= 11 is 0. The molecule has 0 heterocycles. The van der Waals surface area contributed by atoms with Crippen LogP contribution in [0.5, 0.6) is 0 Å². The molecule has 1 N–H and O–H groups in total. The lowest BCUT2D eigenvalue weighted by Gasteiger charge is -2.09. The second-order valence-electron chi connectivity index (χ2n) is 8.70. The predicted molar refractivity (Wildman–Crippen MR) is 148 cm³/mol. The Labute approximate surface area is 216 Å². The third-order valence-corrected chi connectivity index (χ3v) is 6.35. The summed E-state index contributed by atoms with van der Waals surface area (Å²) in [7, 11) is 0. The number of para-hydroxylation sites is 1. The molecule has 0 aromatic heterocycles. The lowest BCUT2D eigenvalue weighted by molar-refractivity contribution is -0.699. The third kappa shape index (κ3) is 4.36. The number of benzene rings is 5. The van der Waals surface area contributed by atoms with Gasteiger partial charge in [0.2, 0.25) is 0 Å². The zero-order valence-electron chi connectivity index (χ0n) is 20.1. The van der Waals surface area contributed by atoms with E-state index >= 15 is 0 Å². The Hall–Kier alpha value is -5.11. The number of rotatable bonds is 5. The summed E-state index contributed by atoms with van der Waals surface area (Å²) in [6, 6.07) is 45.8. The molecule has 0 fully saturated rings. The fourth-order valence-electron chi connectivity index (χ4n) is 4.61. The summed E-state index contributed by atoms with van der Waals surface area (Å²) < 4.78 is 1.85. The van der Waals surface area contributed by atoms with Crippen molar-refractivity contribution in [3.05, 3.63) is 168 Å². The molecular formula is C34H24NO2+. The van der Waals surface area contributed by atoms with Gasteiger partial charge in [0.25, 0.3) is 17.2 Å². The first-order valence-corrected chi connectivity index (χ1v) is 12.2. The lowest BCUT2D eigenvalue weighted by atomic mass is 10.1. The van der Waals surface area contributed by atoms with E-state index in [1.54, 1.807) is 0 Å². The van der Waals surface area contributed by atoms with Crippen LogP contribution in [0, 0.1) is 0 Å². The number of hydrogen-bond donors (Lipinski definition) is 1. The maximum absolute atomic E-state index is 11.0. The van der Waals surface area contributed by atoms with E-state index in [2.05, 4.69) is 42.1 Å². The van der Waals surface area contributed by atoms with Crippen LogP contribution >= 0.6 is 0 Å². The maximum Gasteiger partial charge on any atom is 0.274 e. The van der Waals surface area contributed by atoms with Crippen molar-refractivity contribution in [1.29, 1.82) is 0 Å². The molecule has 0 unspecified atom stereocenters. The lowest BCUT2D eigenvalue weighted by Crippen LogP contribution is -2.18. The Morgan fingerprint density at radius 2 is 0.946 bits per heavy atom. The van der Waals surface area contributed by atoms with Gasteiger partial charge in [0.15, 0.2) is 5.76 Å². The predicted octanol–water partition coefficient (Wildman–Crippen LogP) is 8.02. The number of aliphatic hydroxyl groups excluding tert-OH is 1. The van der Waals surface area contributed by atoms with Crippen LogP contribution in [-0.2, 0) is 4.84 Å². The molecule has 0 saturated carbocycles. The highest BCUT2D eigenvalue weighted by Crippen LogP contribution is 2.38. The molecule has 1 aliphatic rings. The quantitative estimate of drug-likeness (QED) is 0.118. The number of aliphatic hydroxyl groups is 1. The highest BCUT2D eigenvalue weighted by molar-refractivity contribution is 6.22. The Balaban J connectivity index is 1.63. The zero-order chi connectivity index (χ0) is 25.0. The summed E-state index contributed by atoms with van der Waals surface area (Å²) in [6.45, 7) is 0. The smallest absolute Gasteiger partial charge is 0.274 e. The number of fused-ring (bicyclic) bond motifs is 3. The van der Waals surface area contributed by atoms with Crippen LogP contribution in [0.25, 0.3) is 22.6 Å². The van der Waals surface area contributed by atoms with Gasteiger partial charge in [-0.25, -0.2) is 4.84 Å². The summed E-state index contributed by atoms with van der Waals surface area (Å²) in [4.78, 5) is 6.73. The highest BCUT2D eigenvalue weighted by Gasteiger charge is 2.35. The molecule has 5 aromatic carbocycles. The molecule has 176 valence electrons. The molecule has 0 atom stereocenters. The third-order valence-electron chi connectivity index (χ3n) is 6.35. The SMILES string of the molecule is OC(=C=C(O[N+](=C1c2ccccc2-c2ccccc21)c1ccccc1)c1ccccc1)c1ccccc1. The van der Waals surface area contributed by atoms with E-state index in [9.17, 15) is 5.11 Å². The van der Waals surface area contributed by atoms with Crippen molar-refractivity contribution in [3.63, 3.8) is 0 Å². The summed E-state index contributed by atoms with van der Waals surface area (Å²) in [6.07, 6.45) is 0. The van der Waals surface area contributed by atoms with Gasteiger partial charge in [-0.1, -0.05) is 115 Å². The molecule has 0 bridgehead atoms. The zero-order valence-corrected chi connectivity index (χ0v) is 20.1. The van der Waals surface area contributed by atoms with Gasteiger partial charge in [0.1, 0.15) is 0 Å². The van der Waals surface area contributed by atoms with Gasteiger partial charge in [-0.3, -0.25) is 0 Å². The van der Waals surface area contributed by atoms with Crippen molar-refractivity contribution >= 4 is 22.9 Å². The van der Waals surface area contributed by atoms with Gasteiger partial charge in [-0.05, 0) is 29.0 Å². The van der Waals surface area contributed by atoms with E-state index in [-0.39, 0.29) is 5.76 Å². The normalized spacial score (nSPS) is 11.2. The van der Waals surface area contributed by atoms with E-state index in [0.29, 0.717) is 11.3 Å². The van der Waals surface area contributed by atoms with Crippen molar-refractivity contribution in [1.82, 2.24) is 0 Å². The summed E-state index contributed by atoms with van der Waals surface area (Å²) in [5.41, 5.74) is 10.9. The van der Waals surface area contributed by atoms with E-state index in [1.165, 1.54) is 0 Å². The first-order chi connectivity index (χ1) is 18.3. The van der Waals surface area contributed by atoms with E-state index < -0.39 is 0 Å². The Morgan fingerprint density at radius 1 is 0.514 bits per heavy atom. The van der Waals surface area contributed by atoms with E-state index in [0.717, 1.165) is 39.2 Å². The minimum atomic E-state index is 0.00434. The molecule has 0 amide bonds. The number of hydrogen-bond acceptors (Lipinski definition) is 2. The standard InChI is InChI=1S/C34H23NO2/c36-32(25-14-4-1-5-15-25)24-33(26-16-6-2-7-17-26)37-35(27-18-8-3-9-19-27)34-30-22-12-10-20-28(30)29-21-11-13-23-31(29)34/h1-23H/p+1. The molecule has 0 spiro atoms. The van der Waals surface area contributed by atoms with E-state index in [1.807, 2.05) is 108 Å². The second-order valence-corrected chi connectivity index (χ2v) is 8.70. The maximum atomic E-state index is 11.0. The van der Waals surface area contributed by atoms with Crippen LogP contribution in [0.3, 0.4) is 0 Å². The van der Waals surface area contributed by atoms with Crippen molar-refractivity contribution in [2.24, 2.45) is 0 Å². The monoisotopic (exact) mass is 478 g/mol. The van der Waals surface area contributed by atoms with Crippen LogP contribution in [0.1, 0.15) is 22.3 Å². The van der Waals surface area contributed by atoms with Gasteiger partial charge >= 0.3 is 0 Å². The Morgan fingerprint density at radius 3 is 1.49 bits per heavy atom. The molecule has 0 radical (unpaired) electrons. The average Bonchev–Trinajstić information content (AvgIpc) is 3.31. The first kappa shape index (κ1) is 22.4. The van der Waals surface area contributed by atoms with Crippen LogP contribution in [-0.4, -0.2) is 15.6 Å². The fourth-order valence-corrected chi connectivity index (χ4v) is 4.61. The number of nitrogens with zero attached hydrogens (tertiary/aromatic N) is 1. The largest absolute Gasteiger partial charge is 0.501 e.